The zero-order valence-electron chi connectivity index (χ0n) is 17.8. The molecule has 0 spiro atoms. The lowest BCUT2D eigenvalue weighted by atomic mass is 10.0. The molecule has 2 rings (SSSR count). The van der Waals surface area contributed by atoms with Gasteiger partial charge in [-0.2, -0.15) is 22.0 Å². The van der Waals surface area contributed by atoms with Gasteiger partial charge < -0.3 is 30.5 Å². The molecule has 0 saturated heterocycles. The molecule has 0 fully saturated rings. The second-order valence-corrected chi connectivity index (χ2v) is 7.56. The minimum atomic E-state index is -5.99. The fourth-order valence-corrected chi connectivity index (χ4v) is 2.92. The van der Waals surface area contributed by atoms with E-state index in [1.807, 2.05) is 5.32 Å². The Labute approximate surface area is 188 Å². The average Bonchev–Trinajstić information content (AvgIpc) is 2.81. The number of anilines is 1. The van der Waals surface area contributed by atoms with Crippen LogP contribution < -0.4 is 20.3 Å². The number of ether oxygens (including phenoxy) is 1. The van der Waals surface area contributed by atoms with Gasteiger partial charge in [-0.05, 0) is 26.0 Å². The number of hydrogen-bond acceptors (Lipinski definition) is 6. The van der Waals surface area contributed by atoms with E-state index in [-0.39, 0.29) is 18.0 Å². The zero-order valence-corrected chi connectivity index (χ0v) is 17.8. The number of aliphatic hydroxyl groups is 2. The van der Waals surface area contributed by atoms with Crippen LogP contribution in [-0.4, -0.2) is 77.5 Å². The first-order valence-corrected chi connectivity index (χ1v) is 9.67. The van der Waals surface area contributed by atoms with Crippen LogP contribution in [0.15, 0.2) is 18.2 Å². The van der Waals surface area contributed by atoms with Crippen LogP contribution in [-0.2, 0) is 14.4 Å². The molecule has 1 aliphatic rings. The number of amides is 3. The first-order chi connectivity index (χ1) is 15.5. The third kappa shape index (κ3) is 5.52. The van der Waals surface area contributed by atoms with Gasteiger partial charge in [-0.25, -0.2) is 4.39 Å². The minimum Gasteiger partial charge on any atom is -0.486 e. The third-order valence-electron chi connectivity index (χ3n) is 4.91. The summed E-state index contributed by atoms with van der Waals surface area (Å²) < 4.78 is 82.1. The van der Waals surface area contributed by atoms with E-state index in [2.05, 4.69) is 0 Å². The van der Waals surface area contributed by atoms with Gasteiger partial charge in [-0.15, -0.1) is 0 Å². The molecule has 1 aromatic rings. The van der Waals surface area contributed by atoms with Crippen molar-refractivity contribution in [2.75, 3.05) is 24.6 Å². The number of carbonyl (C=O) groups is 3. The van der Waals surface area contributed by atoms with Crippen molar-refractivity contribution in [1.82, 2.24) is 10.6 Å². The SMILES string of the molecule is C[C@H]1Oc2ccc(F)cc2N(CCO)C(=O)[C@H]1NC(=O)C(C)(O)C(=O)NCC(F)(F)C(F)(F)F. The van der Waals surface area contributed by atoms with E-state index >= 15 is 0 Å². The highest BCUT2D eigenvalue weighted by Gasteiger charge is 2.58. The molecule has 34 heavy (non-hydrogen) atoms. The molecular weight excluding hydrogens is 480 g/mol. The predicted molar refractivity (Wildman–Crippen MR) is 102 cm³/mol. The van der Waals surface area contributed by atoms with Crippen molar-refractivity contribution >= 4 is 23.4 Å². The Morgan fingerprint density at radius 1 is 1.18 bits per heavy atom. The number of alkyl halides is 5. The quantitative estimate of drug-likeness (QED) is 0.318. The van der Waals surface area contributed by atoms with Crippen molar-refractivity contribution in [2.24, 2.45) is 0 Å². The Bertz CT molecular complexity index is 955. The highest BCUT2D eigenvalue weighted by atomic mass is 19.4. The molecule has 0 aromatic heterocycles. The van der Waals surface area contributed by atoms with Crippen LogP contribution in [0, 0.1) is 5.82 Å². The fourth-order valence-electron chi connectivity index (χ4n) is 2.92. The maximum atomic E-state index is 13.7. The molecule has 0 aliphatic carbocycles. The van der Waals surface area contributed by atoms with Gasteiger partial charge in [-0.1, -0.05) is 0 Å². The molecular formula is C19H21F6N3O6. The smallest absolute Gasteiger partial charge is 0.455 e. The number of aliphatic hydroxyl groups excluding tert-OH is 1. The summed E-state index contributed by atoms with van der Waals surface area (Å²) in [7, 11) is 0. The summed E-state index contributed by atoms with van der Waals surface area (Å²) in [6, 6.07) is 1.51. The van der Waals surface area contributed by atoms with Gasteiger partial charge in [0.25, 0.3) is 17.7 Å². The number of nitrogens with zero attached hydrogens (tertiary/aromatic N) is 1. The summed E-state index contributed by atoms with van der Waals surface area (Å²) in [5.41, 5.74) is -3.25. The van der Waals surface area contributed by atoms with Gasteiger partial charge in [0.05, 0.1) is 18.8 Å². The predicted octanol–water partition coefficient (Wildman–Crippen LogP) is 0.481. The summed E-state index contributed by atoms with van der Waals surface area (Å²) >= 11 is 0. The largest absolute Gasteiger partial charge is 0.486 e. The van der Waals surface area contributed by atoms with Gasteiger partial charge >= 0.3 is 12.1 Å². The van der Waals surface area contributed by atoms with Crippen molar-refractivity contribution in [3.63, 3.8) is 0 Å². The molecule has 3 amide bonds. The third-order valence-corrected chi connectivity index (χ3v) is 4.91. The Balaban J connectivity index is 2.23. The highest BCUT2D eigenvalue weighted by molar-refractivity contribution is 6.10. The van der Waals surface area contributed by atoms with E-state index < -0.39 is 66.5 Å². The van der Waals surface area contributed by atoms with Crippen LogP contribution in [0.4, 0.5) is 32.0 Å². The van der Waals surface area contributed by atoms with Crippen LogP contribution >= 0.6 is 0 Å². The van der Waals surface area contributed by atoms with Gasteiger partial charge in [0.1, 0.15) is 23.7 Å². The minimum absolute atomic E-state index is 0.00587. The molecule has 0 bridgehead atoms. The standard InChI is InChI=1S/C19H21F6N3O6/c1-9-13(14(30)28(5-6-29)11-7-10(20)3-4-12(11)34-9)27-16(32)17(2,33)15(31)26-8-18(21,22)19(23,24)25/h3-4,7,9,13,29,33H,5-6,8H2,1-2H3,(H,26,31)(H,27,32)/t9-,13+,17?/m1/s1. The van der Waals surface area contributed by atoms with E-state index in [4.69, 9.17) is 4.74 Å². The molecule has 1 unspecified atom stereocenters. The second-order valence-electron chi connectivity index (χ2n) is 7.56. The Hall–Kier alpha value is -3.07. The van der Waals surface area contributed by atoms with Crippen LogP contribution in [0.5, 0.6) is 5.75 Å². The molecule has 0 saturated carbocycles. The summed E-state index contributed by atoms with van der Waals surface area (Å²) in [6.07, 6.45) is -7.17. The van der Waals surface area contributed by atoms with Gasteiger partial charge in [0.2, 0.25) is 5.60 Å². The van der Waals surface area contributed by atoms with Crippen molar-refractivity contribution in [1.29, 1.82) is 0 Å². The first-order valence-electron chi connectivity index (χ1n) is 9.67. The lowest BCUT2D eigenvalue weighted by molar-refractivity contribution is -0.278. The molecule has 0 radical (unpaired) electrons. The topological polar surface area (TPSA) is 128 Å². The molecule has 190 valence electrons. The lowest BCUT2D eigenvalue weighted by Crippen LogP contribution is -2.63. The second kappa shape index (κ2) is 9.66. The van der Waals surface area contributed by atoms with E-state index in [1.54, 1.807) is 0 Å². The normalized spacial score (nSPS) is 20.5. The number of benzene rings is 1. The highest BCUT2D eigenvalue weighted by Crippen LogP contribution is 2.35. The van der Waals surface area contributed by atoms with E-state index in [0.717, 1.165) is 22.3 Å². The van der Waals surface area contributed by atoms with Crippen LogP contribution in [0.25, 0.3) is 0 Å². The van der Waals surface area contributed by atoms with Gasteiger partial charge in [-0.3, -0.25) is 14.4 Å². The number of β-amino-alcohol motifs (C(OH)–C–C–N with tert-alkyl or cyclic N) is 1. The Morgan fingerprint density at radius 2 is 1.79 bits per heavy atom. The van der Waals surface area contributed by atoms with Crippen molar-refractivity contribution in [2.45, 2.75) is 43.7 Å². The summed E-state index contributed by atoms with van der Waals surface area (Å²) in [6.45, 7) is -1.36. The summed E-state index contributed by atoms with van der Waals surface area (Å²) in [5, 5.41) is 22.6. The molecule has 9 nitrogen and oxygen atoms in total. The maximum absolute atomic E-state index is 13.7. The van der Waals surface area contributed by atoms with E-state index in [1.165, 1.54) is 13.0 Å². The zero-order chi connectivity index (χ0) is 26.1. The number of rotatable bonds is 7. The number of hydrogen-bond donors (Lipinski definition) is 4. The number of nitrogens with one attached hydrogen (secondary N) is 2. The van der Waals surface area contributed by atoms with Crippen LogP contribution in [0.3, 0.4) is 0 Å². The van der Waals surface area contributed by atoms with Gasteiger partial charge in [0, 0.05) is 12.6 Å². The Morgan fingerprint density at radius 3 is 2.35 bits per heavy atom. The Kier molecular flexibility index (Phi) is 7.72. The van der Waals surface area contributed by atoms with Crippen molar-refractivity contribution in [3.8, 4) is 5.75 Å². The van der Waals surface area contributed by atoms with Crippen molar-refractivity contribution in [3.05, 3.63) is 24.0 Å². The summed E-state index contributed by atoms with van der Waals surface area (Å²) in [5.74, 6) is -10.5. The van der Waals surface area contributed by atoms with E-state index in [9.17, 15) is 50.9 Å². The number of fused-ring (bicyclic) bond motifs is 1. The molecule has 3 atom stereocenters. The van der Waals surface area contributed by atoms with Crippen LogP contribution in [0.1, 0.15) is 13.8 Å². The monoisotopic (exact) mass is 501 g/mol. The molecule has 4 N–H and O–H groups in total. The fraction of sp³-hybridized carbons (Fsp3) is 0.526. The maximum Gasteiger partial charge on any atom is 0.455 e. The van der Waals surface area contributed by atoms with Crippen LogP contribution in [0.2, 0.25) is 0 Å². The lowest BCUT2D eigenvalue weighted by Gasteiger charge is -2.29. The van der Waals surface area contributed by atoms with Crippen molar-refractivity contribution < 1.29 is 55.7 Å². The van der Waals surface area contributed by atoms with E-state index in [0.29, 0.717) is 6.92 Å². The average molecular weight is 501 g/mol. The molecule has 1 aromatic carbocycles. The summed E-state index contributed by atoms with van der Waals surface area (Å²) in [4.78, 5) is 38.4. The molecule has 15 heteroatoms. The van der Waals surface area contributed by atoms with Gasteiger partial charge in [0.15, 0.2) is 0 Å². The molecule has 1 aliphatic heterocycles. The number of halogens is 6. The first kappa shape index (κ1) is 27.2. The number of carbonyl (C=O) groups excluding carboxylic acids is 3. The molecule has 1 heterocycles.